The van der Waals surface area contributed by atoms with Crippen molar-refractivity contribution in [3.8, 4) is 11.3 Å². The van der Waals surface area contributed by atoms with Crippen LogP contribution in [0.1, 0.15) is 18.2 Å². The molecule has 0 radical (unpaired) electrons. The Hall–Kier alpha value is -3.64. The van der Waals surface area contributed by atoms with Gasteiger partial charge < -0.3 is 4.42 Å². The molecule has 0 saturated carbocycles. The van der Waals surface area contributed by atoms with Gasteiger partial charge in [-0.25, -0.2) is 9.69 Å². The van der Waals surface area contributed by atoms with Crippen LogP contribution in [-0.4, -0.2) is 17.8 Å². The van der Waals surface area contributed by atoms with Crippen molar-refractivity contribution < 1.29 is 18.8 Å². The molecular formula is C23H17ClN2O4. The largest absolute Gasteiger partial charge is 0.457 e. The highest BCUT2D eigenvalue weighted by Gasteiger charge is 2.37. The highest BCUT2D eigenvalue weighted by molar-refractivity contribution is 6.39. The minimum absolute atomic E-state index is 0.189. The number of rotatable bonds is 4. The fraction of sp³-hybridized carbons (Fsp3) is 0.0870. The van der Waals surface area contributed by atoms with Crippen LogP contribution in [0.15, 0.2) is 70.7 Å². The first-order valence-electron chi connectivity index (χ1n) is 9.32. The Bertz CT molecular complexity index is 1160. The Morgan fingerprint density at radius 3 is 2.33 bits per heavy atom. The molecule has 1 N–H and O–H groups in total. The number of carbonyl (C=O) groups is 3. The summed E-state index contributed by atoms with van der Waals surface area (Å²) in [6, 6.07) is 16.7. The second-order valence-corrected chi connectivity index (χ2v) is 7.12. The standard InChI is InChI=1S/C23H17ClN2O4/c1-2-14-3-9-17(10-4-14)26-22(28)19(21(27)25-23(26)29)13-18-11-12-20(30-18)15-5-7-16(24)8-6-15/h3-13H,2H2,1H3,(H,25,27,29)/b19-13-. The molecule has 7 heteroatoms. The van der Waals surface area contributed by atoms with E-state index in [9.17, 15) is 14.4 Å². The van der Waals surface area contributed by atoms with E-state index < -0.39 is 17.8 Å². The summed E-state index contributed by atoms with van der Waals surface area (Å²) in [7, 11) is 0. The lowest BCUT2D eigenvalue weighted by molar-refractivity contribution is -0.122. The Morgan fingerprint density at radius 1 is 0.967 bits per heavy atom. The van der Waals surface area contributed by atoms with Crippen LogP contribution in [0.2, 0.25) is 5.02 Å². The molecule has 0 bridgehead atoms. The summed E-state index contributed by atoms with van der Waals surface area (Å²) in [5.41, 5.74) is 2.07. The van der Waals surface area contributed by atoms with E-state index in [1.54, 1.807) is 48.5 Å². The Kier molecular flexibility index (Phi) is 5.25. The number of nitrogens with zero attached hydrogens (tertiary/aromatic N) is 1. The first kappa shape index (κ1) is 19.7. The second-order valence-electron chi connectivity index (χ2n) is 6.69. The van der Waals surface area contributed by atoms with Crippen molar-refractivity contribution in [3.63, 3.8) is 0 Å². The number of anilines is 1. The van der Waals surface area contributed by atoms with Crippen molar-refractivity contribution in [2.75, 3.05) is 4.90 Å². The fourth-order valence-electron chi connectivity index (χ4n) is 3.11. The summed E-state index contributed by atoms with van der Waals surface area (Å²) in [6.07, 6.45) is 2.16. The molecule has 3 aromatic rings. The van der Waals surface area contributed by atoms with Gasteiger partial charge >= 0.3 is 6.03 Å². The van der Waals surface area contributed by atoms with Gasteiger partial charge in [-0.15, -0.1) is 0 Å². The number of aryl methyl sites for hydroxylation is 1. The predicted molar refractivity (Wildman–Crippen MR) is 114 cm³/mol. The summed E-state index contributed by atoms with van der Waals surface area (Å²) in [6.45, 7) is 2.01. The average Bonchev–Trinajstić information content (AvgIpc) is 3.21. The van der Waals surface area contributed by atoms with Gasteiger partial charge in [0.25, 0.3) is 11.8 Å². The van der Waals surface area contributed by atoms with E-state index in [-0.39, 0.29) is 5.57 Å². The number of amides is 4. The van der Waals surface area contributed by atoms with Crippen LogP contribution in [0.25, 0.3) is 17.4 Å². The molecule has 1 saturated heterocycles. The number of benzene rings is 2. The molecule has 4 rings (SSSR count). The summed E-state index contributed by atoms with van der Waals surface area (Å²) in [5, 5.41) is 2.81. The van der Waals surface area contributed by atoms with Gasteiger partial charge in [0, 0.05) is 10.6 Å². The lowest BCUT2D eigenvalue weighted by Gasteiger charge is -2.26. The van der Waals surface area contributed by atoms with Crippen LogP contribution in [-0.2, 0) is 16.0 Å². The molecular weight excluding hydrogens is 404 g/mol. The SMILES string of the molecule is CCc1ccc(N2C(=O)NC(=O)/C(=C/c3ccc(-c4ccc(Cl)cc4)o3)C2=O)cc1. The molecule has 0 aliphatic carbocycles. The van der Waals surface area contributed by atoms with Crippen molar-refractivity contribution in [2.45, 2.75) is 13.3 Å². The molecule has 1 aliphatic rings. The molecule has 30 heavy (non-hydrogen) atoms. The quantitative estimate of drug-likeness (QED) is 0.484. The van der Waals surface area contributed by atoms with Gasteiger partial charge in [0.2, 0.25) is 0 Å². The number of urea groups is 1. The van der Waals surface area contributed by atoms with Gasteiger partial charge in [0.1, 0.15) is 17.1 Å². The molecule has 150 valence electrons. The van der Waals surface area contributed by atoms with Crippen LogP contribution in [0.3, 0.4) is 0 Å². The van der Waals surface area contributed by atoms with E-state index in [4.69, 9.17) is 16.0 Å². The Labute approximate surface area is 177 Å². The predicted octanol–water partition coefficient (Wildman–Crippen LogP) is 4.83. The zero-order chi connectivity index (χ0) is 21.3. The second kappa shape index (κ2) is 8.00. The topological polar surface area (TPSA) is 79.6 Å². The summed E-state index contributed by atoms with van der Waals surface area (Å²) in [4.78, 5) is 38.5. The summed E-state index contributed by atoms with van der Waals surface area (Å²) >= 11 is 5.90. The van der Waals surface area contributed by atoms with E-state index >= 15 is 0 Å². The number of nitrogens with one attached hydrogen (secondary N) is 1. The lowest BCUT2D eigenvalue weighted by Crippen LogP contribution is -2.54. The third-order valence-electron chi connectivity index (χ3n) is 4.75. The lowest BCUT2D eigenvalue weighted by atomic mass is 10.1. The van der Waals surface area contributed by atoms with Crippen molar-refractivity contribution in [3.05, 3.63) is 82.6 Å². The molecule has 0 spiro atoms. The van der Waals surface area contributed by atoms with Crippen LogP contribution in [0.5, 0.6) is 0 Å². The number of halogens is 1. The molecule has 1 aliphatic heterocycles. The number of hydrogen-bond donors (Lipinski definition) is 1. The van der Waals surface area contributed by atoms with Gasteiger partial charge in [-0.2, -0.15) is 0 Å². The maximum absolute atomic E-state index is 12.9. The molecule has 2 heterocycles. The van der Waals surface area contributed by atoms with Crippen molar-refractivity contribution >= 4 is 41.2 Å². The number of furan rings is 1. The zero-order valence-corrected chi connectivity index (χ0v) is 16.8. The van der Waals surface area contributed by atoms with Gasteiger partial charge in [0.15, 0.2) is 0 Å². The van der Waals surface area contributed by atoms with Crippen molar-refractivity contribution in [1.29, 1.82) is 0 Å². The number of barbiturate groups is 1. The minimum atomic E-state index is -0.785. The number of carbonyl (C=O) groups excluding carboxylic acids is 3. The molecule has 1 aromatic heterocycles. The van der Waals surface area contributed by atoms with Gasteiger partial charge in [-0.3, -0.25) is 14.9 Å². The monoisotopic (exact) mass is 420 g/mol. The summed E-state index contributed by atoms with van der Waals surface area (Å²) < 4.78 is 5.75. The first-order valence-corrected chi connectivity index (χ1v) is 9.70. The number of imide groups is 2. The smallest absolute Gasteiger partial charge is 0.335 e. The Balaban J connectivity index is 1.65. The van der Waals surface area contributed by atoms with Crippen LogP contribution in [0.4, 0.5) is 10.5 Å². The molecule has 6 nitrogen and oxygen atoms in total. The molecule has 0 unspecified atom stereocenters. The third kappa shape index (κ3) is 3.77. The third-order valence-corrected chi connectivity index (χ3v) is 5.00. The van der Waals surface area contributed by atoms with E-state index in [0.717, 1.165) is 22.4 Å². The fourth-order valence-corrected chi connectivity index (χ4v) is 3.24. The Morgan fingerprint density at radius 2 is 1.67 bits per heavy atom. The summed E-state index contributed by atoms with van der Waals surface area (Å²) in [5.74, 6) is -0.604. The van der Waals surface area contributed by atoms with Crippen molar-refractivity contribution in [1.82, 2.24) is 5.32 Å². The van der Waals surface area contributed by atoms with E-state index in [2.05, 4.69) is 5.32 Å². The van der Waals surface area contributed by atoms with Crippen LogP contribution in [0, 0.1) is 0 Å². The van der Waals surface area contributed by atoms with E-state index in [1.165, 1.54) is 6.08 Å². The zero-order valence-electron chi connectivity index (χ0n) is 16.0. The first-order chi connectivity index (χ1) is 14.5. The van der Waals surface area contributed by atoms with E-state index in [1.807, 2.05) is 19.1 Å². The maximum Gasteiger partial charge on any atom is 0.335 e. The van der Waals surface area contributed by atoms with Gasteiger partial charge in [-0.05, 0) is 66.6 Å². The van der Waals surface area contributed by atoms with Gasteiger partial charge in [0.05, 0.1) is 5.69 Å². The highest BCUT2D eigenvalue weighted by Crippen LogP contribution is 2.27. The molecule has 4 amide bonds. The normalized spacial score (nSPS) is 15.6. The van der Waals surface area contributed by atoms with Crippen molar-refractivity contribution in [2.24, 2.45) is 0 Å². The van der Waals surface area contributed by atoms with E-state index in [0.29, 0.717) is 22.2 Å². The average molecular weight is 421 g/mol. The highest BCUT2D eigenvalue weighted by atomic mass is 35.5. The maximum atomic E-state index is 12.9. The molecule has 0 atom stereocenters. The van der Waals surface area contributed by atoms with Crippen LogP contribution >= 0.6 is 11.6 Å². The molecule has 2 aromatic carbocycles. The van der Waals surface area contributed by atoms with Crippen LogP contribution < -0.4 is 10.2 Å². The molecule has 1 fully saturated rings. The number of hydrogen-bond acceptors (Lipinski definition) is 4. The minimum Gasteiger partial charge on any atom is -0.457 e. The van der Waals surface area contributed by atoms with Gasteiger partial charge in [-0.1, -0.05) is 30.7 Å².